The molecule has 3 N–H and O–H groups in total. The van der Waals surface area contributed by atoms with E-state index in [1.807, 2.05) is 0 Å². The molecule has 0 saturated carbocycles. The molecule has 3 rings (SSSR count). The van der Waals surface area contributed by atoms with Crippen LogP contribution in [0.4, 0.5) is 5.82 Å². The normalized spacial score (nSPS) is 17.3. The minimum absolute atomic E-state index is 0.0811. The van der Waals surface area contributed by atoms with E-state index in [0.29, 0.717) is 6.54 Å². The third-order valence-corrected chi connectivity index (χ3v) is 7.72. The zero-order valence-electron chi connectivity index (χ0n) is 13.8. The van der Waals surface area contributed by atoms with Gasteiger partial charge in [0.1, 0.15) is 14.9 Å². The van der Waals surface area contributed by atoms with Gasteiger partial charge in [-0.3, -0.25) is 4.79 Å². The van der Waals surface area contributed by atoms with Crippen LogP contribution in [0.2, 0.25) is 0 Å². The summed E-state index contributed by atoms with van der Waals surface area (Å²) in [7, 11) is -3.73. The molecule has 0 aliphatic carbocycles. The van der Waals surface area contributed by atoms with Crippen LogP contribution in [0.1, 0.15) is 12.8 Å². The molecule has 140 valence electrons. The molecule has 0 bridgehead atoms. The van der Waals surface area contributed by atoms with Crippen LogP contribution in [-0.2, 0) is 19.4 Å². The van der Waals surface area contributed by atoms with Crippen molar-refractivity contribution < 1.29 is 17.9 Å². The average Bonchev–Trinajstić information content (AvgIpc) is 3.31. The highest BCUT2D eigenvalue weighted by Crippen LogP contribution is 2.28. The molecule has 11 heteroatoms. The van der Waals surface area contributed by atoms with Gasteiger partial charge >= 0.3 is 0 Å². The Morgan fingerprint density at radius 3 is 3.00 bits per heavy atom. The number of nitrogens with two attached hydrogens (primary N) is 1. The second-order valence-corrected chi connectivity index (χ2v) is 9.60. The number of amides is 1. The lowest BCUT2D eigenvalue weighted by Gasteiger charge is -2.10. The molecule has 0 aromatic carbocycles. The van der Waals surface area contributed by atoms with Crippen LogP contribution in [0.3, 0.4) is 0 Å². The van der Waals surface area contributed by atoms with Crippen LogP contribution < -0.4 is 11.1 Å². The van der Waals surface area contributed by atoms with Crippen molar-refractivity contribution in [2.24, 2.45) is 0 Å². The number of nitrogens with one attached hydrogen (secondary N) is 1. The maximum atomic E-state index is 12.5. The molecule has 1 fully saturated rings. The summed E-state index contributed by atoms with van der Waals surface area (Å²) in [6, 6.07) is 3.15. The van der Waals surface area contributed by atoms with Crippen LogP contribution in [0, 0.1) is 0 Å². The maximum absolute atomic E-state index is 12.5. The Morgan fingerprint density at radius 2 is 2.35 bits per heavy atom. The highest BCUT2D eigenvalue weighted by atomic mass is 32.2. The topological polar surface area (TPSA) is 124 Å². The molecule has 2 aromatic rings. The van der Waals surface area contributed by atoms with Crippen molar-refractivity contribution in [2.75, 3.05) is 24.6 Å². The van der Waals surface area contributed by atoms with Crippen molar-refractivity contribution >= 4 is 44.7 Å². The Balaban J connectivity index is 1.58. The Kier molecular flexibility index (Phi) is 6.12. The first kappa shape index (κ1) is 19.1. The molecule has 0 spiro atoms. The number of thiophene rings is 1. The van der Waals surface area contributed by atoms with Gasteiger partial charge in [-0.15, -0.1) is 11.3 Å². The minimum Gasteiger partial charge on any atom is -0.382 e. The number of hydrogen-bond acceptors (Lipinski definition) is 9. The molecule has 26 heavy (non-hydrogen) atoms. The molecule has 1 atom stereocenters. The number of rotatable bonds is 7. The van der Waals surface area contributed by atoms with E-state index < -0.39 is 9.84 Å². The first-order valence-electron chi connectivity index (χ1n) is 7.89. The van der Waals surface area contributed by atoms with Crippen LogP contribution in [0.25, 0.3) is 0 Å². The summed E-state index contributed by atoms with van der Waals surface area (Å²) >= 11 is 2.19. The van der Waals surface area contributed by atoms with Gasteiger partial charge in [0.15, 0.2) is 5.16 Å². The van der Waals surface area contributed by atoms with E-state index in [0.717, 1.165) is 42.5 Å². The summed E-state index contributed by atoms with van der Waals surface area (Å²) in [4.78, 5) is 19.8. The number of ether oxygens (including phenoxy) is 1. The van der Waals surface area contributed by atoms with Crippen LogP contribution in [-0.4, -0.2) is 49.3 Å². The molecule has 1 aliphatic rings. The maximum Gasteiger partial charge on any atom is 0.230 e. The van der Waals surface area contributed by atoms with E-state index in [-0.39, 0.29) is 37.8 Å². The second kappa shape index (κ2) is 8.33. The van der Waals surface area contributed by atoms with Gasteiger partial charge in [0.2, 0.25) is 15.7 Å². The van der Waals surface area contributed by atoms with Crippen LogP contribution in [0.5, 0.6) is 0 Å². The average molecular weight is 415 g/mol. The number of carbonyl (C=O) groups is 1. The molecule has 3 heterocycles. The lowest BCUT2D eigenvalue weighted by Crippen LogP contribution is -2.32. The van der Waals surface area contributed by atoms with Crippen molar-refractivity contribution in [1.29, 1.82) is 0 Å². The molecule has 2 aromatic heterocycles. The fourth-order valence-electron chi connectivity index (χ4n) is 2.38. The Labute approximate surface area is 159 Å². The molecular weight excluding hydrogens is 396 g/mol. The van der Waals surface area contributed by atoms with E-state index in [9.17, 15) is 13.2 Å². The van der Waals surface area contributed by atoms with E-state index in [4.69, 9.17) is 10.5 Å². The number of aromatic nitrogens is 2. The zero-order valence-corrected chi connectivity index (χ0v) is 16.2. The first-order valence-corrected chi connectivity index (χ1v) is 11.2. The van der Waals surface area contributed by atoms with E-state index in [1.165, 1.54) is 12.3 Å². The first-order chi connectivity index (χ1) is 12.5. The second-order valence-electron chi connectivity index (χ2n) is 5.57. The van der Waals surface area contributed by atoms with Gasteiger partial charge in [-0.1, -0.05) is 17.8 Å². The van der Waals surface area contributed by atoms with E-state index >= 15 is 0 Å². The molecular formula is C15H18N4O4S3. The Hall–Kier alpha value is -1.69. The summed E-state index contributed by atoms with van der Waals surface area (Å²) in [5.74, 6) is -0.179. The molecule has 1 saturated heterocycles. The van der Waals surface area contributed by atoms with Gasteiger partial charge in [0.25, 0.3) is 0 Å². The van der Waals surface area contributed by atoms with Crippen molar-refractivity contribution in [3.63, 3.8) is 0 Å². The number of nitrogens with zero attached hydrogens (tertiary/aromatic N) is 2. The molecule has 1 amide bonds. The third-order valence-electron chi connectivity index (χ3n) is 3.69. The number of thioether (sulfide) groups is 1. The highest BCUT2D eigenvalue weighted by molar-refractivity contribution is 7.99. The van der Waals surface area contributed by atoms with Gasteiger partial charge in [0.05, 0.1) is 18.1 Å². The van der Waals surface area contributed by atoms with E-state index in [2.05, 4.69) is 15.3 Å². The number of carbonyl (C=O) groups excluding carboxylic acids is 1. The van der Waals surface area contributed by atoms with E-state index in [1.54, 1.807) is 11.4 Å². The van der Waals surface area contributed by atoms with Gasteiger partial charge in [0, 0.05) is 13.2 Å². The van der Waals surface area contributed by atoms with Gasteiger partial charge in [-0.05, 0) is 24.3 Å². The number of anilines is 1. The Morgan fingerprint density at radius 1 is 1.50 bits per heavy atom. The van der Waals surface area contributed by atoms with Crippen LogP contribution in [0.15, 0.2) is 38.0 Å². The fraction of sp³-hybridized carbons (Fsp3) is 0.400. The van der Waals surface area contributed by atoms with Crippen LogP contribution >= 0.6 is 23.1 Å². The molecule has 1 aliphatic heterocycles. The lowest BCUT2D eigenvalue weighted by atomic mass is 10.2. The number of hydrogen-bond donors (Lipinski definition) is 2. The quantitative estimate of drug-likeness (QED) is 0.514. The highest BCUT2D eigenvalue weighted by Gasteiger charge is 2.23. The van der Waals surface area contributed by atoms with Gasteiger partial charge in [-0.2, -0.15) is 0 Å². The Bertz CT molecular complexity index is 865. The minimum atomic E-state index is -3.73. The SMILES string of the molecule is Nc1nc(SCC(=O)NCC2CCCO2)ncc1S(=O)(=O)c1cccs1. The van der Waals surface area contributed by atoms with Gasteiger partial charge in [-0.25, -0.2) is 18.4 Å². The largest absolute Gasteiger partial charge is 0.382 e. The summed E-state index contributed by atoms with van der Waals surface area (Å²) < 4.78 is 30.6. The lowest BCUT2D eigenvalue weighted by molar-refractivity contribution is -0.119. The fourth-order valence-corrected chi connectivity index (χ4v) is 5.41. The summed E-state index contributed by atoms with van der Waals surface area (Å²) in [5, 5.41) is 4.72. The number of sulfone groups is 1. The summed E-state index contributed by atoms with van der Waals surface area (Å²) in [5.41, 5.74) is 5.81. The third kappa shape index (κ3) is 4.53. The molecule has 1 unspecified atom stereocenters. The van der Waals surface area contributed by atoms with Crippen molar-refractivity contribution in [2.45, 2.75) is 33.2 Å². The summed E-state index contributed by atoms with van der Waals surface area (Å²) in [6.07, 6.45) is 3.23. The molecule has 8 nitrogen and oxygen atoms in total. The standard InChI is InChI=1S/C15H18N4O4S3/c16-14-11(26(21,22)13-4-2-6-24-13)8-18-15(19-14)25-9-12(20)17-7-10-3-1-5-23-10/h2,4,6,8,10H,1,3,5,7,9H2,(H,17,20)(H2,16,18,19). The number of nitrogen functional groups attached to an aromatic ring is 1. The van der Waals surface area contributed by atoms with Crippen molar-refractivity contribution in [1.82, 2.24) is 15.3 Å². The molecule has 0 radical (unpaired) electrons. The predicted molar refractivity (Wildman–Crippen MR) is 98.9 cm³/mol. The van der Waals surface area contributed by atoms with Crippen molar-refractivity contribution in [3.8, 4) is 0 Å². The zero-order chi connectivity index (χ0) is 18.6. The smallest absolute Gasteiger partial charge is 0.230 e. The summed E-state index contributed by atoms with van der Waals surface area (Å²) in [6.45, 7) is 1.23. The van der Waals surface area contributed by atoms with Crippen molar-refractivity contribution in [3.05, 3.63) is 23.7 Å². The predicted octanol–water partition coefficient (Wildman–Crippen LogP) is 1.34. The van der Waals surface area contributed by atoms with Gasteiger partial charge < -0.3 is 15.8 Å². The monoisotopic (exact) mass is 414 g/mol.